The second-order valence-electron chi connectivity index (χ2n) is 4.25. The summed E-state index contributed by atoms with van der Waals surface area (Å²) in [4.78, 5) is 0.149. The number of furan rings is 1. The minimum Gasteiger partial charge on any atom is -0.469 e. The molecule has 0 radical (unpaired) electrons. The lowest BCUT2D eigenvalue weighted by molar-refractivity contribution is 0.513. The van der Waals surface area contributed by atoms with Gasteiger partial charge >= 0.3 is 0 Å². The van der Waals surface area contributed by atoms with Crippen LogP contribution in [-0.4, -0.2) is 21.2 Å². The van der Waals surface area contributed by atoms with Crippen LogP contribution >= 0.6 is 0 Å². The van der Waals surface area contributed by atoms with Gasteiger partial charge in [-0.15, -0.1) is 0 Å². The molecule has 0 saturated heterocycles. The first kappa shape index (κ1) is 13.5. The number of sulfone groups is 1. The summed E-state index contributed by atoms with van der Waals surface area (Å²) in [5.74, 6) is 0.866. The predicted octanol–water partition coefficient (Wildman–Crippen LogP) is 1.92. The van der Waals surface area contributed by atoms with Gasteiger partial charge in [-0.25, -0.2) is 8.42 Å². The number of hydrogen-bond donors (Lipinski definition) is 2. The van der Waals surface area contributed by atoms with E-state index in [1.54, 1.807) is 18.4 Å². The fourth-order valence-corrected chi connectivity index (χ4v) is 2.63. The van der Waals surface area contributed by atoms with Gasteiger partial charge in [-0.2, -0.15) is 0 Å². The van der Waals surface area contributed by atoms with Gasteiger partial charge in [0.1, 0.15) is 5.76 Å². The smallest absolute Gasteiger partial charge is 0.177 e. The highest BCUT2D eigenvalue weighted by atomic mass is 32.2. The van der Waals surface area contributed by atoms with Crippen LogP contribution in [0.4, 0.5) is 11.4 Å². The normalized spacial score (nSPS) is 11.4. The van der Waals surface area contributed by atoms with Crippen molar-refractivity contribution in [3.8, 4) is 0 Å². The molecule has 0 unspecified atom stereocenters. The lowest BCUT2D eigenvalue weighted by Gasteiger charge is -2.11. The average Bonchev–Trinajstić information content (AvgIpc) is 2.83. The van der Waals surface area contributed by atoms with E-state index in [1.807, 2.05) is 12.1 Å². The molecule has 0 aliphatic carbocycles. The van der Waals surface area contributed by atoms with Crippen LogP contribution in [0, 0.1) is 0 Å². The molecule has 0 atom stereocenters. The van der Waals surface area contributed by atoms with E-state index in [0.717, 1.165) is 12.0 Å². The number of benzene rings is 1. The molecule has 102 valence electrons. The molecule has 1 aromatic heterocycles. The van der Waals surface area contributed by atoms with Crippen molar-refractivity contribution in [3.05, 3.63) is 42.4 Å². The molecule has 5 nitrogen and oxygen atoms in total. The predicted molar refractivity (Wildman–Crippen MR) is 74.9 cm³/mol. The highest BCUT2D eigenvalue weighted by Gasteiger charge is 2.13. The SMILES string of the molecule is CS(=O)(=O)c1cccc(NCCc2ccco2)c1N. The maximum Gasteiger partial charge on any atom is 0.177 e. The standard InChI is InChI=1S/C13H16N2O3S/c1-19(16,17)12-6-2-5-11(13(12)14)15-8-7-10-4-3-9-18-10/h2-6,9,15H,7-8,14H2,1H3. The van der Waals surface area contributed by atoms with Gasteiger partial charge in [0.2, 0.25) is 0 Å². The van der Waals surface area contributed by atoms with Gasteiger partial charge in [0.15, 0.2) is 9.84 Å². The molecule has 0 amide bonds. The van der Waals surface area contributed by atoms with Crippen LogP contribution < -0.4 is 11.1 Å². The quantitative estimate of drug-likeness (QED) is 0.817. The van der Waals surface area contributed by atoms with Crippen LogP contribution in [0.2, 0.25) is 0 Å². The first-order valence-corrected chi connectivity index (χ1v) is 7.72. The Balaban J connectivity index is 2.09. The molecule has 0 aliphatic heterocycles. The zero-order chi connectivity index (χ0) is 13.9. The molecular formula is C13H16N2O3S. The molecule has 1 aromatic carbocycles. The van der Waals surface area contributed by atoms with Gasteiger partial charge in [-0.3, -0.25) is 0 Å². The minimum atomic E-state index is -3.31. The fraction of sp³-hybridized carbons (Fsp3) is 0.231. The van der Waals surface area contributed by atoms with Crippen LogP contribution in [0.25, 0.3) is 0 Å². The summed E-state index contributed by atoms with van der Waals surface area (Å²) in [6.07, 6.45) is 3.47. The summed E-state index contributed by atoms with van der Waals surface area (Å²) in [6, 6.07) is 8.64. The first-order valence-electron chi connectivity index (χ1n) is 5.83. The zero-order valence-electron chi connectivity index (χ0n) is 10.6. The Morgan fingerprint density at radius 2 is 2.05 bits per heavy atom. The van der Waals surface area contributed by atoms with E-state index in [4.69, 9.17) is 10.2 Å². The Morgan fingerprint density at radius 3 is 2.68 bits per heavy atom. The number of para-hydroxylation sites is 1. The van der Waals surface area contributed by atoms with Crippen molar-refractivity contribution in [2.45, 2.75) is 11.3 Å². The van der Waals surface area contributed by atoms with E-state index >= 15 is 0 Å². The van der Waals surface area contributed by atoms with E-state index in [2.05, 4.69) is 5.32 Å². The molecule has 6 heteroatoms. The summed E-state index contributed by atoms with van der Waals surface area (Å²) < 4.78 is 28.3. The number of nitrogen functional groups attached to an aromatic ring is 1. The molecule has 0 spiro atoms. The largest absolute Gasteiger partial charge is 0.469 e. The highest BCUT2D eigenvalue weighted by Crippen LogP contribution is 2.26. The minimum absolute atomic E-state index is 0.149. The second-order valence-corrected chi connectivity index (χ2v) is 6.23. The van der Waals surface area contributed by atoms with Gasteiger partial charge in [0, 0.05) is 19.2 Å². The highest BCUT2D eigenvalue weighted by molar-refractivity contribution is 7.90. The third-order valence-electron chi connectivity index (χ3n) is 2.73. The van der Waals surface area contributed by atoms with E-state index in [-0.39, 0.29) is 10.6 Å². The first-order chi connectivity index (χ1) is 8.98. The summed E-state index contributed by atoms with van der Waals surface area (Å²) in [5, 5.41) is 3.11. The van der Waals surface area contributed by atoms with Crippen LogP contribution in [0.15, 0.2) is 45.9 Å². The lowest BCUT2D eigenvalue weighted by atomic mass is 10.2. The molecule has 0 fully saturated rings. The van der Waals surface area contributed by atoms with Crippen LogP contribution in [0.3, 0.4) is 0 Å². The van der Waals surface area contributed by atoms with E-state index in [9.17, 15) is 8.42 Å². The van der Waals surface area contributed by atoms with Gasteiger partial charge in [-0.1, -0.05) is 6.07 Å². The Morgan fingerprint density at radius 1 is 1.26 bits per heavy atom. The number of rotatable bonds is 5. The number of hydrogen-bond acceptors (Lipinski definition) is 5. The van der Waals surface area contributed by atoms with Crippen molar-refractivity contribution in [1.82, 2.24) is 0 Å². The molecule has 1 heterocycles. The maximum absolute atomic E-state index is 11.5. The van der Waals surface area contributed by atoms with Crippen LogP contribution in [0.1, 0.15) is 5.76 Å². The molecule has 0 aliphatic rings. The number of nitrogens with one attached hydrogen (secondary N) is 1. The topological polar surface area (TPSA) is 85.3 Å². The van der Waals surface area contributed by atoms with E-state index < -0.39 is 9.84 Å². The molecule has 2 rings (SSSR count). The lowest BCUT2D eigenvalue weighted by Crippen LogP contribution is -2.09. The van der Waals surface area contributed by atoms with Crippen molar-refractivity contribution < 1.29 is 12.8 Å². The Bertz CT molecular complexity index is 649. The Hall–Kier alpha value is -1.95. The van der Waals surface area contributed by atoms with Crippen LogP contribution in [0.5, 0.6) is 0 Å². The molecule has 0 saturated carbocycles. The summed E-state index contributed by atoms with van der Waals surface area (Å²) in [7, 11) is -3.31. The number of anilines is 2. The molecule has 3 N–H and O–H groups in total. The summed E-state index contributed by atoms with van der Waals surface area (Å²) in [5.41, 5.74) is 6.74. The average molecular weight is 280 g/mol. The third-order valence-corrected chi connectivity index (χ3v) is 3.89. The second kappa shape index (κ2) is 5.36. The fourth-order valence-electron chi connectivity index (χ4n) is 1.80. The van der Waals surface area contributed by atoms with Gasteiger partial charge in [0.25, 0.3) is 0 Å². The van der Waals surface area contributed by atoms with Crippen LogP contribution in [-0.2, 0) is 16.3 Å². The van der Waals surface area contributed by atoms with Crippen molar-refractivity contribution in [3.63, 3.8) is 0 Å². The van der Waals surface area contributed by atoms with E-state index in [0.29, 0.717) is 18.7 Å². The van der Waals surface area contributed by atoms with E-state index in [1.165, 1.54) is 6.07 Å². The molecular weight excluding hydrogens is 264 g/mol. The van der Waals surface area contributed by atoms with Crippen molar-refractivity contribution in [2.24, 2.45) is 0 Å². The van der Waals surface area contributed by atoms with Gasteiger partial charge in [0.05, 0.1) is 22.5 Å². The number of nitrogens with two attached hydrogens (primary N) is 1. The maximum atomic E-state index is 11.5. The van der Waals surface area contributed by atoms with Crippen molar-refractivity contribution in [2.75, 3.05) is 23.9 Å². The summed E-state index contributed by atoms with van der Waals surface area (Å²) in [6.45, 7) is 0.616. The van der Waals surface area contributed by atoms with Crippen molar-refractivity contribution >= 4 is 21.2 Å². The monoisotopic (exact) mass is 280 g/mol. The Labute approximate surface area is 112 Å². The zero-order valence-corrected chi connectivity index (χ0v) is 11.4. The van der Waals surface area contributed by atoms with Gasteiger partial charge < -0.3 is 15.5 Å². The molecule has 0 bridgehead atoms. The van der Waals surface area contributed by atoms with Crippen molar-refractivity contribution in [1.29, 1.82) is 0 Å². The molecule has 2 aromatic rings. The Kier molecular flexibility index (Phi) is 3.80. The third kappa shape index (κ3) is 3.29. The molecule has 19 heavy (non-hydrogen) atoms. The van der Waals surface area contributed by atoms with Gasteiger partial charge in [-0.05, 0) is 24.3 Å². The summed E-state index contributed by atoms with van der Waals surface area (Å²) >= 11 is 0.